The molecule has 162 valence electrons. The predicted octanol–water partition coefficient (Wildman–Crippen LogP) is 5.01. The Bertz CT molecular complexity index is 1040. The van der Waals surface area contributed by atoms with E-state index in [1.807, 2.05) is 48.5 Å². The van der Waals surface area contributed by atoms with E-state index in [4.69, 9.17) is 9.47 Å². The summed E-state index contributed by atoms with van der Waals surface area (Å²) in [5, 5.41) is 5.56. The van der Waals surface area contributed by atoms with Gasteiger partial charge in [0, 0.05) is 34.7 Å². The molecule has 0 atom stereocenters. The van der Waals surface area contributed by atoms with E-state index in [-0.39, 0.29) is 11.8 Å². The summed E-state index contributed by atoms with van der Waals surface area (Å²) in [4.78, 5) is 24.4. The lowest BCUT2D eigenvalue weighted by molar-refractivity contribution is -0.112. The molecule has 0 radical (unpaired) electrons. The lowest BCUT2D eigenvalue weighted by atomic mass is 10.2. The maximum Gasteiger partial charge on any atom is 0.248 e. The highest BCUT2D eigenvalue weighted by molar-refractivity contribution is 6.03. The average molecular weight is 428 g/mol. The van der Waals surface area contributed by atoms with Crippen molar-refractivity contribution in [3.05, 3.63) is 96.1 Å². The minimum Gasteiger partial charge on any atom is -0.496 e. The van der Waals surface area contributed by atoms with E-state index in [2.05, 4.69) is 10.6 Å². The van der Waals surface area contributed by atoms with E-state index < -0.39 is 0 Å². The molecular formula is C26H24N2O4. The van der Waals surface area contributed by atoms with Crippen molar-refractivity contribution in [3.8, 4) is 11.5 Å². The first-order valence-corrected chi connectivity index (χ1v) is 9.93. The third kappa shape index (κ3) is 6.34. The van der Waals surface area contributed by atoms with Crippen LogP contribution in [0.3, 0.4) is 0 Å². The Balaban J connectivity index is 1.55. The molecular weight excluding hydrogens is 404 g/mol. The number of para-hydroxylation sites is 2. The zero-order valence-electron chi connectivity index (χ0n) is 17.9. The molecule has 0 fully saturated rings. The van der Waals surface area contributed by atoms with Crippen LogP contribution < -0.4 is 20.1 Å². The Morgan fingerprint density at radius 2 is 1.00 bits per heavy atom. The second-order valence-electron chi connectivity index (χ2n) is 6.71. The summed E-state index contributed by atoms with van der Waals surface area (Å²) < 4.78 is 10.5. The van der Waals surface area contributed by atoms with Crippen molar-refractivity contribution < 1.29 is 19.1 Å². The van der Waals surface area contributed by atoms with Gasteiger partial charge in [-0.2, -0.15) is 0 Å². The summed E-state index contributed by atoms with van der Waals surface area (Å²) in [7, 11) is 3.17. The summed E-state index contributed by atoms with van der Waals surface area (Å²) in [6.07, 6.45) is 6.26. The molecule has 3 rings (SSSR count). The van der Waals surface area contributed by atoms with Crippen molar-refractivity contribution in [1.29, 1.82) is 0 Å². The van der Waals surface area contributed by atoms with E-state index in [9.17, 15) is 9.59 Å². The molecule has 0 aliphatic carbocycles. The maximum absolute atomic E-state index is 12.2. The Hall–Kier alpha value is -4.32. The summed E-state index contributed by atoms with van der Waals surface area (Å²) in [5.74, 6) is 0.840. The van der Waals surface area contributed by atoms with Crippen molar-refractivity contribution in [1.82, 2.24) is 0 Å². The first kappa shape index (κ1) is 22.4. The molecule has 2 amide bonds. The van der Waals surface area contributed by atoms with Gasteiger partial charge in [0.05, 0.1) is 14.2 Å². The quantitative estimate of drug-likeness (QED) is 0.495. The Labute approximate surface area is 187 Å². The topological polar surface area (TPSA) is 76.7 Å². The van der Waals surface area contributed by atoms with Crippen LogP contribution in [0.1, 0.15) is 11.1 Å². The number of rotatable bonds is 8. The van der Waals surface area contributed by atoms with Crippen LogP contribution >= 0.6 is 0 Å². The number of carbonyl (C=O) groups excluding carboxylic acids is 2. The molecule has 0 aromatic heterocycles. The molecule has 0 saturated carbocycles. The number of hydrogen-bond donors (Lipinski definition) is 2. The molecule has 6 nitrogen and oxygen atoms in total. The summed E-state index contributed by atoms with van der Waals surface area (Å²) in [5.41, 5.74) is 2.85. The van der Waals surface area contributed by atoms with Crippen LogP contribution in [0, 0.1) is 0 Å². The van der Waals surface area contributed by atoms with E-state index in [1.54, 1.807) is 50.6 Å². The second kappa shape index (κ2) is 11.2. The minimum atomic E-state index is -0.271. The lowest BCUT2D eigenvalue weighted by Gasteiger charge is -2.06. The first-order valence-electron chi connectivity index (χ1n) is 9.93. The largest absolute Gasteiger partial charge is 0.496 e. The summed E-state index contributed by atoms with van der Waals surface area (Å²) in [6.45, 7) is 0. The lowest BCUT2D eigenvalue weighted by Crippen LogP contribution is -2.09. The molecule has 0 spiro atoms. The number of carbonyl (C=O) groups is 2. The Morgan fingerprint density at radius 3 is 1.38 bits per heavy atom. The van der Waals surface area contributed by atoms with Crippen LogP contribution in [0.4, 0.5) is 11.4 Å². The number of hydrogen-bond acceptors (Lipinski definition) is 4. The molecule has 0 bridgehead atoms. The molecule has 3 aromatic carbocycles. The number of anilines is 2. The van der Waals surface area contributed by atoms with Gasteiger partial charge in [-0.1, -0.05) is 36.4 Å². The molecule has 3 aromatic rings. The van der Waals surface area contributed by atoms with Crippen LogP contribution in [0.2, 0.25) is 0 Å². The monoisotopic (exact) mass is 428 g/mol. The number of benzene rings is 3. The van der Waals surface area contributed by atoms with Gasteiger partial charge in [-0.25, -0.2) is 0 Å². The van der Waals surface area contributed by atoms with Gasteiger partial charge < -0.3 is 20.1 Å². The Kier molecular flexibility index (Phi) is 7.81. The van der Waals surface area contributed by atoms with Crippen molar-refractivity contribution >= 4 is 35.3 Å². The predicted molar refractivity (Wildman–Crippen MR) is 128 cm³/mol. The normalized spacial score (nSPS) is 10.8. The average Bonchev–Trinajstić information content (AvgIpc) is 2.83. The third-order valence-electron chi connectivity index (χ3n) is 4.53. The minimum absolute atomic E-state index is 0.271. The smallest absolute Gasteiger partial charge is 0.248 e. The van der Waals surface area contributed by atoms with E-state index in [0.29, 0.717) is 22.9 Å². The fourth-order valence-electron chi connectivity index (χ4n) is 2.94. The second-order valence-corrected chi connectivity index (χ2v) is 6.71. The zero-order chi connectivity index (χ0) is 22.8. The van der Waals surface area contributed by atoms with Gasteiger partial charge in [-0.05, 0) is 48.6 Å². The fraction of sp³-hybridized carbons (Fsp3) is 0.0769. The third-order valence-corrected chi connectivity index (χ3v) is 4.53. The van der Waals surface area contributed by atoms with Crippen molar-refractivity contribution in [2.45, 2.75) is 0 Å². The molecule has 0 aliphatic rings. The van der Waals surface area contributed by atoms with Crippen LogP contribution in [-0.2, 0) is 9.59 Å². The van der Waals surface area contributed by atoms with E-state index in [1.165, 1.54) is 12.2 Å². The highest BCUT2D eigenvalue weighted by atomic mass is 16.5. The van der Waals surface area contributed by atoms with E-state index >= 15 is 0 Å². The first-order chi connectivity index (χ1) is 15.6. The zero-order valence-corrected chi connectivity index (χ0v) is 17.9. The molecule has 0 saturated heterocycles. The highest BCUT2D eigenvalue weighted by Gasteiger charge is 2.03. The fourth-order valence-corrected chi connectivity index (χ4v) is 2.94. The van der Waals surface area contributed by atoms with Crippen LogP contribution in [0.25, 0.3) is 12.2 Å². The summed E-state index contributed by atoms with van der Waals surface area (Å²) in [6, 6.07) is 21.7. The molecule has 0 unspecified atom stereocenters. The van der Waals surface area contributed by atoms with Crippen LogP contribution in [-0.4, -0.2) is 26.0 Å². The van der Waals surface area contributed by atoms with Gasteiger partial charge in [0.15, 0.2) is 0 Å². The number of methoxy groups -OCH3 is 2. The van der Waals surface area contributed by atoms with Gasteiger partial charge in [-0.3, -0.25) is 9.59 Å². The SMILES string of the molecule is COc1ccccc1/C=C/C(=O)Nc1ccc(NC(=O)/C=C/c2ccccc2OC)cc1. The van der Waals surface area contributed by atoms with Crippen molar-refractivity contribution in [2.75, 3.05) is 24.9 Å². The molecule has 0 heterocycles. The maximum atomic E-state index is 12.2. The van der Waals surface area contributed by atoms with Gasteiger partial charge >= 0.3 is 0 Å². The van der Waals surface area contributed by atoms with Gasteiger partial charge in [0.25, 0.3) is 0 Å². The van der Waals surface area contributed by atoms with Crippen molar-refractivity contribution in [3.63, 3.8) is 0 Å². The molecule has 2 N–H and O–H groups in total. The summed E-state index contributed by atoms with van der Waals surface area (Å²) >= 11 is 0. The number of amides is 2. The standard InChI is InChI=1S/C26H24N2O4/c1-31-23-9-5-3-7-19(23)11-17-25(29)27-21-13-15-22(16-14-21)28-26(30)18-12-20-8-4-6-10-24(20)32-2/h3-18H,1-2H3,(H,27,29)(H,28,30)/b17-11+,18-12+. The van der Waals surface area contributed by atoms with Crippen molar-refractivity contribution in [2.24, 2.45) is 0 Å². The Morgan fingerprint density at radius 1 is 0.625 bits per heavy atom. The number of nitrogens with one attached hydrogen (secondary N) is 2. The van der Waals surface area contributed by atoms with E-state index in [0.717, 1.165) is 11.1 Å². The molecule has 6 heteroatoms. The van der Waals surface area contributed by atoms with Gasteiger partial charge in [0.2, 0.25) is 11.8 Å². The van der Waals surface area contributed by atoms with Gasteiger partial charge in [0.1, 0.15) is 11.5 Å². The highest BCUT2D eigenvalue weighted by Crippen LogP contribution is 2.20. The van der Waals surface area contributed by atoms with Crippen LogP contribution in [0.15, 0.2) is 84.9 Å². The molecule has 32 heavy (non-hydrogen) atoms. The van der Waals surface area contributed by atoms with Gasteiger partial charge in [-0.15, -0.1) is 0 Å². The number of ether oxygens (including phenoxy) is 2. The van der Waals surface area contributed by atoms with Crippen LogP contribution in [0.5, 0.6) is 11.5 Å². The molecule has 0 aliphatic heterocycles.